The zero-order valence-corrected chi connectivity index (χ0v) is 35.4. The monoisotopic (exact) mass is 782 g/mol. The Balaban J connectivity index is 1.62. The molecule has 4 aromatic rings. The van der Waals surface area contributed by atoms with Gasteiger partial charge in [0.2, 0.25) is 5.91 Å². The maximum absolute atomic E-state index is 14.1. The number of aromatic nitrogens is 2. The van der Waals surface area contributed by atoms with Crippen molar-refractivity contribution in [2.45, 2.75) is 105 Å². The third kappa shape index (κ3) is 10.0. The number of phenols is 1. The van der Waals surface area contributed by atoms with Gasteiger partial charge in [-0.2, -0.15) is 0 Å². The molecule has 2 amide bonds. The number of hydrogen-bond donors (Lipinski definition) is 3. The zero-order chi connectivity index (χ0) is 41.6. The second-order valence-corrected chi connectivity index (χ2v) is 16.8. The van der Waals surface area contributed by atoms with Crippen LogP contribution in [0.2, 0.25) is 0 Å². The van der Waals surface area contributed by atoms with E-state index in [0.717, 1.165) is 57.4 Å². The molecule has 0 saturated carbocycles. The fourth-order valence-corrected chi connectivity index (χ4v) is 8.36. The van der Waals surface area contributed by atoms with Gasteiger partial charge in [0, 0.05) is 60.7 Å². The van der Waals surface area contributed by atoms with Gasteiger partial charge in [-0.1, -0.05) is 39.8 Å². The predicted molar refractivity (Wildman–Crippen MR) is 224 cm³/mol. The Morgan fingerprint density at radius 3 is 2.53 bits per heavy atom. The van der Waals surface area contributed by atoms with Gasteiger partial charge in [0.25, 0.3) is 12.4 Å². The van der Waals surface area contributed by atoms with Gasteiger partial charge in [-0.15, -0.1) is 0 Å². The molecule has 0 aliphatic carbocycles. The lowest BCUT2D eigenvalue weighted by Gasteiger charge is -2.35. The summed E-state index contributed by atoms with van der Waals surface area (Å²) in [5, 5.41) is 16.9. The van der Waals surface area contributed by atoms with Crippen LogP contribution in [0.3, 0.4) is 0 Å². The summed E-state index contributed by atoms with van der Waals surface area (Å²) < 4.78 is 13.4. The normalized spacial score (nSPS) is 16.5. The topological polar surface area (TPSA) is 138 Å². The standard InChI is InChI=1S/C45H62N6O6/c1-11-50-39-17-16-32(24-36(39)37(25-45(6,7)26-57-27-52)42(50)35-15-12-18-46-40(35)30(5)56-10)33-20-31(21-34(53)23-33)22-38(44(55)51-19-13-14-29(4)48-51)47-43(54)41(28(2)3)49(8)9/h12,15-18,20-21,23-24,27-30,38,41,48,53H,11,13-14,19,22,25-26H2,1-10H3,(H,47,54)/t29-,30?,38?,41?/m1/s1. The molecule has 0 bridgehead atoms. The summed E-state index contributed by atoms with van der Waals surface area (Å²) in [6, 6.07) is 14.6. The lowest BCUT2D eigenvalue weighted by atomic mass is 9.84. The Morgan fingerprint density at radius 2 is 1.88 bits per heavy atom. The van der Waals surface area contributed by atoms with Gasteiger partial charge >= 0.3 is 0 Å². The molecule has 57 heavy (non-hydrogen) atoms. The van der Waals surface area contributed by atoms with E-state index < -0.39 is 17.5 Å². The Kier molecular flexibility index (Phi) is 14.2. The van der Waals surface area contributed by atoms with Gasteiger partial charge in [-0.3, -0.25) is 29.3 Å². The number of fused-ring (bicyclic) bond motifs is 1. The van der Waals surface area contributed by atoms with E-state index in [1.807, 2.05) is 58.8 Å². The molecular formula is C45H62N6O6. The molecule has 3 N–H and O–H groups in total. The molecule has 2 aromatic heterocycles. The van der Waals surface area contributed by atoms with E-state index in [4.69, 9.17) is 14.5 Å². The number of nitrogens with one attached hydrogen (secondary N) is 2. The summed E-state index contributed by atoms with van der Waals surface area (Å²) in [4.78, 5) is 45.8. The van der Waals surface area contributed by atoms with E-state index >= 15 is 0 Å². The molecule has 5 rings (SSSR count). The predicted octanol–water partition coefficient (Wildman–Crippen LogP) is 6.67. The third-order valence-electron chi connectivity index (χ3n) is 11.0. The summed E-state index contributed by atoms with van der Waals surface area (Å²) in [7, 11) is 5.41. The number of likely N-dealkylation sites (N-methyl/N-ethyl adjacent to an activating group) is 1. The molecule has 1 aliphatic rings. The number of aryl methyl sites for hydroxylation is 1. The molecular weight excluding hydrogens is 721 g/mol. The number of benzene rings is 2. The van der Waals surface area contributed by atoms with Crippen LogP contribution in [-0.4, -0.2) is 95.3 Å². The summed E-state index contributed by atoms with van der Waals surface area (Å²) in [5.74, 6) is -0.341. The first-order chi connectivity index (χ1) is 27.1. The number of nitrogens with zero attached hydrogens (tertiary/aromatic N) is 4. The lowest BCUT2D eigenvalue weighted by molar-refractivity contribution is -0.142. The third-order valence-corrected chi connectivity index (χ3v) is 11.0. The van der Waals surface area contributed by atoms with Crippen LogP contribution in [0.15, 0.2) is 54.7 Å². The first-order valence-electron chi connectivity index (χ1n) is 20.1. The molecule has 1 saturated heterocycles. The Labute approximate surface area is 337 Å². The zero-order valence-electron chi connectivity index (χ0n) is 35.4. The Morgan fingerprint density at radius 1 is 1.12 bits per heavy atom. The maximum atomic E-state index is 14.1. The highest BCUT2D eigenvalue weighted by molar-refractivity contribution is 5.95. The van der Waals surface area contributed by atoms with Gasteiger partial charge in [0.1, 0.15) is 11.8 Å². The average molecular weight is 783 g/mol. The number of hydrogen-bond acceptors (Lipinski definition) is 9. The minimum atomic E-state index is -0.861. The first kappa shape index (κ1) is 43.3. The number of rotatable bonds is 17. The minimum Gasteiger partial charge on any atom is -0.508 e. The van der Waals surface area contributed by atoms with Crippen LogP contribution in [-0.2, 0) is 43.2 Å². The van der Waals surface area contributed by atoms with Gasteiger partial charge in [-0.05, 0) is 119 Å². The van der Waals surface area contributed by atoms with E-state index in [9.17, 15) is 19.5 Å². The smallest absolute Gasteiger partial charge is 0.293 e. The Hall–Kier alpha value is -4.78. The van der Waals surface area contributed by atoms with Crippen LogP contribution in [0, 0.1) is 11.3 Å². The van der Waals surface area contributed by atoms with Crippen molar-refractivity contribution in [3.63, 3.8) is 0 Å². The largest absolute Gasteiger partial charge is 0.508 e. The lowest BCUT2D eigenvalue weighted by Crippen LogP contribution is -2.60. The quantitative estimate of drug-likeness (QED) is 0.100. The van der Waals surface area contributed by atoms with E-state index in [0.29, 0.717) is 31.5 Å². The van der Waals surface area contributed by atoms with Crippen molar-refractivity contribution < 1.29 is 29.0 Å². The van der Waals surface area contributed by atoms with E-state index in [-0.39, 0.29) is 48.7 Å². The summed E-state index contributed by atoms with van der Waals surface area (Å²) in [5.41, 5.74) is 10.2. The number of aromatic hydroxyl groups is 1. The van der Waals surface area contributed by atoms with Gasteiger partial charge in [0.15, 0.2) is 0 Å². The number of phenolic OH excluding ortho intramolecular Hbond substituents is 1. The van der Waals surface area contributed by atoms with Crippen LogP contribution in [0.4, 0.5) is 0 Å². The van der Waals surface area contributed by atoms with Crippen molar-refractivity contribution in [2.24, 2.45) is 11.3 Å². The van der Waals surface area contributed by atoms with Crippen LogP contribution < -0.4 is 10.7 Å². The molecule has 1 fully saturated rings. The highest BCUT2D eigenvalue weighted by atomic mass is 16.5. The van der Waals surface area contributed by atoms with Gasteiger partial charge in [-0.25, -0.2) is 5.43 Å². The van der Waals surface area contributed by atoms with Gasteiger partial charge in [0.05, 0.1) is 30.1 Å². The highest BCUT2D eigenvalue weighted by Gasteiger charge is 2.33. The summed E-state index contributed by atoms with van der Waals surface area (Å²) in [6.07, 6.45) is 4.14. The van der Waals surface area contributed by atoms with E-state index in [1.54, 1.807) is 30.4 Å². The van der Waals surface area contributed by atoms with Crippen molar-refractivity contribution in [3.05, 3.63) is 71.5 Å². The number of ether oxygens (including phenoxy) is 2. The van der Waals surface area contributed by atoms with Crippen LogP contribution >= 0.6 is 0 Å². The number of carbonyl (C=O) groups excluding carboxylic acids is 3. The van der Waals surface area contributed by atoms with Crippen LogP contribution in [0.1, 0.15) is 84.2 Å². The fourth-order valence-electron chi connectivity index (χ4n) is 8.36. The van der Waals surface area contributed by atoms with Crippen molar-refractivity contribution in [1.82, 2.24) is 30.2 Å². The number of methoxy groups -OCH3 is 1. The SMILES string of the molecule is CCn1c(-c2cccnc2C(C)OC)c(CC(C)(C)COC=O)c2cc(-c3cc(O)cc(CC(NC(=O)C(C(C)C)N(C)C)C(=O)N4CCC[C@@H](C)N4)c3)ccc21. The second kappa shape index (κ2) is 18.7. The maximum Gasteiger partial charge on any atom is 0.293 e. The number of amides is 2. The molecule has 0 spiro atoms. The van der Waals surface area contributed by atoms with Gasteiger partial charge < -0.3 is 24.5 Å². The molecule has 308 valence electrons. The van der Waals surface area contributed by atoms with E-state index in [1.165, 1.54) is 0 Å². The molecule has 12 heteroatoms. The summed E-state index contributed by atoms with van der Waals surface area (Å²) in [6.45, 7) is 16.3. The number of pyridine rings is 1. The minimum absolute atomic E-state index is 0.0235. The summed E-state index contributed by atoms with van der Waals surface area (Å²) >= 11 is 0. The second-order valence-electron chi connectivity index (χ2n) is 16.8. The van der Waals surface area contributed by atoms with Crippen LogP contribution in [0.25, 0.3) is 33.3 Å². The highest BCUT2D eigenvalue weighted by Crippen LogP contribution is 2.42. The van der Waals surface area contributed by atoms with Crippen molar-refractivity contribution >= 4 is 29.2 Å². The number of carbonyl (C=O) groups is 3. The average Bonchev–Trinajstić information content (AvgIpc) is 3.47. The fraction of sp³-hybridized carbons (Fsp3) is 0.511. The first-order valence-corrected chi connectivity index (χ1v) is 20.1. The molecule has 3 heterocycles. The molecule has 2 aromatic carbocycles. The van der Waals surface area contributed by atoms with Crippen LogP contribution in [0.5, 0.6) is 5.75 Å². The molecule has 1 aliphatic heterocycles. The van der Waals surface area contributed by atoms with E-state index in [2.05, 4.69) is 60.3 Å². The van der Waals surface area contributed by atoms with Crippen molar-refractivity contribution in [2.75, 3.05) is 34.4 Å². The van der Waals surface area contributed by atoms with Crippen molar-refractivity contribution in [1.29, 1.82) is 0 Å². The molecule has 3 unspecified atom stereocenters. The van der Waals surface area contributed by atoms with Crippen molar-refractivity contribution in [3.8, 4) is 28.1 Å². The Bertz CT molecular complexity index is 2030. The molecule has 0 radical (unpaired) electrons. The molecule has 12 nitrogen and oxygen atoms in total. The number of hydrazine groups is 1. The molecule has 4 atom stereocenters.